The lowest BCUT2D eigenvalue weighted by molar-refractivity contribution is 0.0729. The van der Waals surface area contributed by atoms with Crippen molar-refractivity contribution in [2.24, 2.45) is 0 Å². The minimum Gasteiger partial charge on any atom is -0.361 e. The van der Waals surface area contributed by atoms with Gasteiger partial charge >= 0.3 is 0 Å². The summed E-state index contributed by atoms with van der Waals surface area (Å²) in [4.78, 5) is 14.9. The average molecular weight is 353 g/mol. The van der Waals surface area contributed by atoms with E-state index in [1.165, 1.54) is 0 Å². The van der Waals surface area contributed by atoms with Gasteiger partial charge in [0, 0.05) is 23.4 Å². The van der Waals surface area contributed by atoms with Gasteiger partial charge in [0.2, 0.25) is 0 Å². The molecule has 3 aromatic carbocycles. The molecule has 4 heteroatoms. The van der Waals surface area contributed by atoms with E-state index in [1.807, 2.05) is 83.8 Å². The average Bonchev–Trinajstić information content (AvgIpc) is 2.97. The molecule has 4 nitrogen and oxygen atoms in total. The first-order valence-electron chi connectivity index (χ1n) is 8.92. The fourth-order valence-corrected chi connectivity index (χ4v) is 3.44. The number of carbonyl (C=O) groups excluding carboxylic acids is 1. The third kappa shape index (κ3) is 3.40. The number of carbonyl (C=O) groups is 1. The number of nitrogens with zero attached hydrogens (tertiary/aromatic N) is 2. The highest BCUT2D eigenvalue weighted by atomic mass is 16.2. The molecule has 27 heavy (non-hydrogen) atoms. The van der Waals surface area contributed by atoms with Crippen LogP contribution in [0.2, 0.25) is 0 Å². The summed E-state index contributed by atoms with van der Waals surface area (Å²) in [6, 6.07) is 27.7. The maximum Gasteiger partial charge on any atom is 0.256 e. The molecule has 1 atom stereocenters. The van der Waals surface area contributed by atoms with Crippen LogP contribution in [0.15, 0.2) is 78.9 Å². The van der Waals surface area contributed by atoms with E-state index in [-0.39, 0.29) is 12.1 Å². The number of benzene rings is 3. The molecule has 3 aromatic rings. The van der Waals surface area contributed by atoms with Crippen molar-refractivity contribution in [2.45, 2.75) is 19.1 Å². The Morgan fingerprint density at radius 1 is 0.889 bits per heavy atom. The molecule has 0 spiro atoms. The first-order chi connectivity index (χ1) is 13.3. The zero-order valence-electron chi connectivity index (χ0n) is 14.8. The van der Waals surface area contributed by atoms with Crippen LogP contribution in [0.25, 0.3) is 0 Å². The third-order valence-corrected chi connectivity index (χ3v) is 4.79. The normalized spacial score (nSPS) is 15.3. The van der Waals surface area contributed by atoms with E-state index in [9.17, 15) is 4.79 Å². The highest BCUT2D eigenvalue weighted by Gasteiger charge is 2.36. The van der Waals surface area contributed by atoms with E-state index >= 15 is 0 Å². The Hall–Kier alpha value is -3.58. The van der Waals surface area contributed by atoms with E-state index in [2.05, 4.69) is 11.4 Å². The highest BCUT2D eigenvalue weighted by Crippen LogP contribution is 2.35. The van der Waals surface area contributed by atoms with Gasteiger partial charge in [0.25, 0.3) is 5.91 Å². The first-order valence-corrected chi connectivity index (χ1v) is 8.92. The standard InChI is InChI=1S/C23H19N3O/c24-15-14-17-10-12-19(13-11-17)25-22-20-8-4-5-9-21(20)23(27)26(22)16-18-6-2-1-3-7-18/h1-13,22,25H,14,16H2/t22-/m0/s1. The molecule has 1 N–H and O–H groups in total. The predicted octanol–water partition coefficient (Wildman–Crippen LogP) is 4.52. The lowest BCUT2D eigenvalue weighted by atomic mass is 10.1. The molecular weight excluding hydrogens is 334 g/mol. The van der Waals surface area contributed by atoms with Crippen LogP contribution in [-0.2, 0) is 13.0 Å². The second kappa shape index (κ2) is 7.35. The minimum absolute atomic E-state index is 0.0352. The molecule has 0 radical (unpaired) electrons. The summed E-state index contributed by atoms with van der Waals surface area (Å²) in [5.41, 5.74) is 4.72. The van der Waals surface area contributed by atoms with Gasteiger partial charge in [-0.2, -0.15) is 5.26 Å². The maximum atomic E-state index is 13.0. The predicted molar refractivity (Wildman–Crippen MR) is 105 cm³/mol. The molecule has 0 fully saturated rings. The van der Waals surface area contributed by atoms with Gasteiger partial charge in [0.15, 0.2) is 0 Å². The van der Waals surface area contributed by atoms with E-state index < -0.39 is 0 Å². The summed E-state index contributed by atoms with van der Waals surface area (Å²) in [5.74, 6) is 0.0352. The van der Waals surface area contributed by atoms with Crippen LogP contribution in [0.4, 0.5) is 5.69 Å². The number of hydrogen-bond acceptors (Lipinski definition) is 3. The van der Waals surface area contributed by atoms with Crippen molar-refractivity contribution in [1.29, 1.82) is 5.26 Å². The van der Waals surface area contributed by atoms with E-state index in [1.54, 1.807) is 0 Å². The molecule has 0 unspecified atom stereocenters. The Morgan fingerprint density at radius 3 is 2.33 bits per heavy atom. The number of amides is 1. The van der Waals surface area contributed by atoms with Crippen LogP contribution < -0.4 is 5.32 Å². The van der Waals surface area contributed by atoms with Gasteiger partial charge in [-0.1, -0.05) is 60.7 Å². The smallest absolute Gasteiger partial charge is 0.256 e. The van der Waals surface area contributed by atoms with Gasteiger partial charge < -0.3 is 10.2 Å². The van der Waals surface area contributed by atoms with Gasteiger partial charge in [-0.15, -0.1) is 0 Å². The molecule has 1 amide bonds. The quantitative estimate of drug-likeness (QED) is 0.734. The Balaban J connectivity index is 1.64. The lowest BCUT2D eigenvalue weighted by Crippen LogP contribution is -2.31. The van der Waals surface area contributed by atoms with Gasteiger partial charge in [-0.25, -0.2) is 0 Å². The number of rotatable bonds is 5. The summed E-state index contributed by atoms with van der Waals surface area (Å²) < 4.78 is 0. The van der Waals surface area contributed by atoms with E-state index in [0.717, 1.165) is 27.9 Å². The van der Waals surface area contributed by atoms with Crippen LogP contribution in [0.1, 0.15) is 33.2 Å². The van der Waals surface area contributed by atoms with E-state index in [4.69, 9.17) is 5.26 Å². The van der Waals surface area contributed by atoms with Crippen LogP contribution in [0, 0.1) is 11.3 Å². The minimum atomic E-state index is -0.226. The Labute approximate surface area is 158 Å². The summed E-state index contributed by atoms with van der Waals surface area (Å²) in [6.07, 6.45) is 0.168. The third-order valence-electron chi connectivity index (χ3n) is 4.79. The van der Waals surface area contributed by atoms with Gasteiger partial charge in [0.1, 0.15) is 6.17 Å². The summed E-state index contributed by atoms with van der Waals surface area (Å²) in [6.45, 7) is 0.540. The van der Waals surface area contributed by atoms with Gasteiger partial charge in [-0.3, -0.25) is 4.79 Å². The number of hydrogen-bond donors (Lipinski definition) is 1. The Kier molecular flexibility index (Phi) is 4.59. The number of fused-ring (bicyclic) bond motifs is 1. The molecule has 0 bridgehead atoms. The highest BCUT2D eigenvalue weighted by molar-refractivity contribution is 5.99. The zero-order chi connectivity index (χ0) is 18.6. The van der Waals surface area contributed by atoms with Crippen LogP contribution in [0.3, 0.4) is 0 Å². The lowest BCUT2D eigenvalue weighted by Gasteiger charge is -2.27. The molecule has 1 aliphatic rings. The Morgan fingerprint density at radius 2 is 1.59 bits per heavy atom. The number of nitrogens with one attached hydrogen (secondary N) is 1. The topological polar surface area (TPSA) is 56.1 Å². The SMILES string of the molecule is N#CCc1ccc(N[C@@H]2c3ccccc3C(=O)N2Cc2ccccc2)cc1. The summed E-state index contributed by atoms with van der Waals surface area (Å²) in [5, 5.41) is 12.3. The largest absolute Gasteiger partial charge is 0.361 e. The van der Waals surface area contributed by atoms with Crippen molar-refractivity contribution in [3.63, 3.8) is 0 Å². The number of anilines is 1. The molecular formula is C23H19N3O. The zero-order valence-corrected chi connectivity index (χ0v) is 14.8. The fourth-order valence-electron chi connectivity index (χ4n) is 3.44. The summed E-state index contributed by atoms with van der Waals surface area (Å²) >= 11 is 0. The van der Waals surface area contributed by atoms with Crippen LogP contribution >= 0.6 is 0 Å². The molecule has 0 saturated carbocycles. The molecule has 1 aliphatic heterocycles. The Bertz CT molecular complexity index is 990. The van der Waals surface area contributed by atoms with Crippen LogP contribution in [-0.4, -0.2) is 10.8 Å². The summed E-state index contributed by atoms with van der Waals surface area (Å²) in [7, 11) is 0. The van der Waals surface area contributed by atoms with Crippen LogP contribution in [0.5, 0.6) is 0 Å². The molecule has 4 rings (SSSR count). The second-order valence-electron chi connectivity index (χ2n) is 6.58. The van der Waals surface area contributed by atoms with Crippen molar-refractivity contribution in [2.75, 3.05) is 5.32 Å². The molecule has 132 valence electrons. The number of nitriles is 1. The van der Waals surface area contributed by atoms with E-state index in [0.29, 0.717) is 13.0 Å². The fraction of sp³-hybridized carbons (Fsp3) is 0.130. The van der Waals surface area contributed by atoms with Crippen molar-refractivity contribution in [3.05, 3.63) is 101 Å². The molecule has 0 saturated heterocycles. The maximum absolute atomic E-state index is 13.0. The molecule has 1 heterocycles. The van der Waals surface area contributed by atoms with Crippen molar-refractivity contribution >= 4 is 11.6 Å². The molecule has 0 aliphatic carbocycles. The second-order valence-corrected chi connectivity index (χ2v) is 6.58. The first kappa shape index (κ1) is 16.9. The van der Waals surface area contributed by atoms with Crippen molar-refractivity contribution in [1.82, 2.24) is 4.90 Å². The van der Waals surface area contributed by atoms with Gasteiger partial charge in [0.05, 0.1) is 12.5 Å². The van der Waals surface area contributed by atoms with Crippen molar-refractivity contribution in [3.8, 4) is 6.07 Å². The monoisotopic (exact) mass is 353 g/mol. The van der Waals surface area contributed by atoms with Gasteiger partial charge in [-0.05, 0) is 29.3 Å². The van der Waals surface area contributed by atoms with Crippen molar-refractivity contribution < 1.29 is 4.79 Å². The molecule has 0 aromatic heterocycles.